The molecule has 1 heterocycles. The highest BCUT2D eigenvalue weighted by molar-refractivity contribution is 5.98. The summed E-state index contributed by atoms with van der Waals surface area (Å²) in [6.07, 6.45) is 3.35. The molecule has 1 aromatic heterocycles. The van der Waals surface area contributed by atoms with Crippen molar-refractivity contribution in [2.75, 3.05) is 18.9 Å². The maximum atomic E-state index is 12.5. The number of carbonyl (C=O) groups is 2. The monoisotopic (exact) mass is 362 g/mol. The number of carbonyl (C=O) groups excluding carboxylic acids is 2. The molecule has 6 nitrogen and oxygen atoms in total. The quantitative estimate of drug-likeness (QED) is 0.732. The lowest BCUT2D eigenvalue weighted by molar-refractivity contribution is -0.136. The van der Waals surface area contributed by atoms with E-state index in [0.717, 1.165) is 16.8 Å². The number of nitrogens with zero attached hydrogens (tertiary/aromatic N) is 3. The van der Waals surface area contributed by atoms with E-state index in [1.807, 2.05) is 54.6 Å². The summed E-state index contributed by atoms with van der Waals surface area (Å²) in [7, 11) is 1.62. The van der Waals surface area contributed by atoms with Crippen LogP contribution in [0.15, 0.2) is 73.1 Å². The first-order valence-corrected chi connectivity index (χ1v) is 8.74. The minimum atomic E-state index is -0.464. The number of rotatable bonds is 6. The lowest BCUT2D eigenvalue weighted by Gasteiger charge is -2.21. The van der Waals surface area contributed by atoms with E-state index >= 15 is 0 Å². The minimum absolute atomic E-state index is 0.0342. The van der Waals surface area contributed by atoms with Gasteiger partial charge in [0.25, 0.3) is 0 Å². The Morgan fingerprint density at radius 3 is 2.48 bits per heavy atom. The van der Waals surface area contributed by atoms with Crippen LogP contribution in [-0.4, -0.2) is 40.1 Å². The summed E-state index contributed by atoms with van der Waals surface area (Å²) < 4.78 is 1.57. The van der Waals surface area contributed by atoms with Gasteiger partial charge in [-0.05, 0) is 24.6 Å². The second-order valence-electron chi connectivity index (χ2n) is 6.32. The molecule has 0 aliphatic heterocycles. The maximum absolute atomic E-state index is 12.5. The fourth-order valence-corrected chi connectivity index (χ4v) is 2.89. The van der Waals surface area contributed by atoms with E-state index in [0.29, 0.717) is 0 Å². The predicted molar refractivity (Wildman–Crippen MR) is 105 cm³/mol. The molecule has 2 amide bonds. The minimum Gasteiger partial charge on any atom is -0.335 e. The summed E-state index contributed by atoms with van der Waals surface area (Å²) in [5.74, 6) is -0.424. The highest BCUT2D eigenvalue weighted by atomic mass is 16.2. The van der Waals surface area contributed by atoms with E-state index in [-0.39, 0.29) is 18.4 Å². The lowest BCUT2D eigenvalue weighted by atomic mass is 10.0. The van der Waals surface area contributed by atoms with Gasteiger partial charge in [0, 0.05) is 30.7 Å². The number of hydrogen-bond donors (Lipinski definition) is 1. The average Bonchev–Trinajstić information content (AvgIpc) is 3.22. The van der Waals surface area contributed by atoms with Crippen LogP contribution in [0.2, 0.25) is 0 Å². The number of anilines is 1. The van der Waals surface area contributed by atoms with Gasteiger partial charge in [0.2, 0.25) is 11.8 Å². The summed E-state index contributed by atoms with van der Waals surface area (Å²) in [5.41, 5.74) is 2.67. The first-order chi connectivity index (χ1) is 13.1. The fourth-order valence-electron chi connectivity index (χ4n) is 2.89. The predicted octanol–water partition coefficient (Wildman–Crippen LogP) is 3.21. The van der Waals surface area contributed by atoms with Crippen LogP contribution in [-0.2, 0) is 9.59 Å². The van der Waals surface area contributed by atoms with Gasteiger partial charge in [-0.2, -0.15) is 5.10 Å². The largest absolute Gasteiger partial charge is 0.335 e. The highest BCUT2D eigenvalue weighted by Gasteiger charge is 2.21. The fraction of sp³-hybridized carbons (Fsp3) is 0.190. The molecule has 0 spiro atoms. The Balaban J connectivity index is 1.67. The molecule has 2 aromatic carbocycles. The smallest absolute Gasteiger partial charge is 0.247 e. The summed E-state index contributed by atoms with van der Waals surface area (Å²) in [6.45, 7) is 1.72. The molecular formula is C21H22N4O2. The molecule has 138 valence electrons. The molecule has 1 atom stereocenters. The maximum Gasteiger partial charge on any atom is 0.247 e. The van der Waals surface area contributed by atoms with Crippen molar-refractivity contribution < 1.29 is 9.59 Å². The van der Waals surface area contributed by atoms with E-state index in [4.69, 9.17) is 0 Å². The second kappa shape index (κ2) is 8.31. The zero-order valence-corrected chi connectivity index (χ0v) is 15.4. The van der Waals surface area contributed by atoms with Crippen molar-refractivity contribution in [2.45, 2.75) is 13.0 Å². The van der Waals surface area contributed by atoms with Gasteiger partial charge in [0.1, 0.15) is 6.04 Å². The molecule has 0 fully saturated rings. The van der Waals surface area contributed by atoms with Gasteiger partial charge in [0.05, 0.1) is 6.54 Å². The third-order valence-corrected chi connectivity index (χ3v) is 4.32. The third-order valence-electron chi connectivity index (χ3n) is 4.32. The van der Waals surface area contributed by atoms with Gasteiger partial charge in [-0.25, -0.2) is 0 Å². The number of amides is 2. The van der Waals surface area contributed by atoms with Gasteiger partial charge >= 0.3 is 0 Å². The summed E-state index contributed by atoms with van der Waals surface area (Å²) in [4.78, 5) is 26.4. The van der Waals surface area contributed by atoms with E-state index < -0.39 is 6.04 Å². The number of nitrogens with one attached hydrogen (secondary N) is 1. The number of hydrogen-bond acceptors (Lipinski definition) is 3. The molecule has 0 bridgehead atoms. The zero-order valence-electron chi connectivity index (χ0n) is 15.4. The summed E-state index contributed by atoms with van der Waals surface area (Å²) in [5, 5.41) is 6.99. The number of likely N-dealkylation sites (N-methyl/N-ethyl adjacent to an activating group) is 1. The Labute approximate surface area is 158 Å². The molecule has 0 aliphatic carbocycles. The standard InChI is InChI=1S/C21H22N4O2/c1-16(25-14-8-13-22-25)21(27)24(2)15-20(26)23-19-12-7-6-11-18(19)17-9-4-3-5-10-17/h3-14,16H,15H2,1-2H3,(H,23,26). The SMILES string of the molecule is CC(C(=O)N(C)CC(=O)Nc1ccccc1-c1ccccc1)n1cccn1. The number of aromatic nitrogens is 2. The number of para-hydroxylation sites is 1. The van der Waals surface area contributed by atoms with Crippen molar-refractivity contribution in [2.24, 2.45) is 0 Å². The average molecular weight is 362 g/mol. The second-order valence-corrected chi connectivity index (χ2v) is 6.32. The molecule has 3 rings (SSSR count). The van der Waals surface area contributed by atoms with Gasteiger partial charge in [0.15, 0.2) is 0 Å². The topological polar surface area (TPSA) is 67.2 Å². The van der Waals surface area contributed by atoms with E-state index in [1.165, 1.54) is 4.90 Å². The molecule has 0 radical (unpaired) electrons. The van der Waals surface area contributed by atoms with Crippen molar-refractivity contribution in [1.82, 2.24) is 14.7 Å². The van der Waals surface area contributed by atoms with Crippen LogP contribution >= 0.6 is 0 Å². The van der Waals surface area contributed by atoms with Crippen molar-refractivity contribution >= 4 is 17.5 Å². The molecule has 0 saturated heterocycles. The van der Waals surface area contributed by atoms with Gasteiger partial charge < -0.3 is 10.2 Å². The third kappa shape index (κ3) is 4.41. The van der Waals surface area contributed by atoms with E-state index in [1.54, 1.807) is 37.1 Å². The van der Waals surface area contributed by atoms with Crippen molar-refractivity contribution in [1.29, 1.82) is 0 Å². The summed E-state index contributed by atoms with van der Waals surface area (Å²) in [6, 6.07) is 18.8. The van der Waals surface area contributed by atoms with Crippen LogP contribution in [0.5, 0.6) is 0 Å². The van der Waals surface area contributed by atoms with Crippen molar-refractivity contribution in [3.63, 3.8) is 0 Å². The molecule has 1 unspecified atom stereocenters. The molecule has 3 aromatic rings. The Kier molecular flexibility index (Phi) is 5.66. The van der Waals surface area contributed by atoms with Gasteiger partial charge in [-0.1, -0.05) is 48.5 Å². The van der Waals surface area contributed by atoms with Crippen LogP contribution < -0.4 is 5.32 Å². The normalized spacial score (nSPS) is 11.6. The van der Waals surface area contributed by atoms with Crippen LogP contribution in [0.1, 0.15) is 13.0 Å². The first-order valence-electron chi connectivity index (χ1n) is 8.74. The van der Waals surface area contributed by atoms with Crippen molar-refractivity contribution in [3.8, 4) is 11.1 Å². The Morgan fingerprint density at radius 1 is 1.07 bits per heavy atom. The molecule has 27 heavy (non-hydrogen) atoms. The molecule has 1 N–H and O–H groups in total. The summed E-state index contributed by atoms with van der Waals surface area (Å²) >= 11 is 0. The Hall–Kier alpha value is -3.41. The Morgan fingerprint density at radius 2 is 1.78 bits per heavy atom. The number of benzene rings is 2. The van der Waals surface area contributed by atoms with E-state index in [2.05, 4.69) is 10.4 Å². The van der Waals surface area contributed by atoms with Crippen molar-refractivity contribution in [3.05, 3.63) is 73.1 Å². The van der Waals surface area contributed by atoms with Crippen LogP contribution in [0, 0.1) is 0 Å². The Bertz CT molecular complexity index is 907. The van der Waals surface area contributed by atoms with Crippen LogP contribution in [0.25, 0.3) is 11.1 Å². The molecule has 0 aliphatic rings. The van der Waals surface area contributed by atoms with Crippen LogP contribution in [0.3, 0.4) is 0 Å². The van der Waals surface area contributed by atoms with E-state index in [9.17, 15) is 9.59 Å². The highest BCUT2D eigenvalue weighted by Crippen LogP contribution is 2.27. The van der Waals surface area contributed by atoms with Gasteiger partial charge in [-0.15, -0.1) is 0 Å². The van der Waals surface area contributed by atoms with Crippen LogP contribution in [0.4, 0.5) is 5.69 Å². The molecule has 6 heteroatoms. The molecular weight excluding hydrogens is 340 g/mol. The first kappa shape index (κ1) is 18.4. The lowest BCUT2D eigenvalue weighted by Crippen LogP contribution is -2.38. The van der Waals surface area contributed by atoms with Gasteiger partial charge in [-0.3, -0.25) is 14.3 Å². The molecule has 0 saturated carbocycles. The zero-order chi connectivity index (χ0) is 19.2.